The molecule has 2 rings (SSSR count). The third kappa shape index (κ3) is 3.42. The maximum absolute atomic E-state index is 13.9. The van der Waals surface area contributed by atoms with E-state index in [1.165, 1.54) is 31.5 Å². The lowest BCUT2D eigenvalue weighted by Crippen LogP contribution is -2.15. The highest BCUT2D eigenvalue weighted by atomic mass is 79.9. The van der Waals surface area contributed by atoms with Gasteiger partial charge < -0.3 is 10.5 Å². The SMILES string of the molecule is COc1ccc(NS(=O)(=O)c2cc(N)cc(Br)c2F)cn1. The molecule has 2 aromatic rings. The van der Waals surface area contributed by atoms with Crippen LogP contribution in [0.1, 0.15) is 0 Å². The quantitative estimate of drug-likeness (QED) is 0.799. The summed E-state index contributed by atoms with van der Waals surface area (Å²) in [6.45, 7) is 0. The van der Waals surface area contributed by atoms with Crippen molar-refractivity contribution in [3.05, 3.63) is 40.8 Å². The second-order valence-electron chi connectivity index (χ2n) is 4.01. The Morgan fingerprint density at radius 1 is 1.38 bits per heavy atom. The van der Waals surface area contributed by atoms with Crippen molar-refractivity contribution in [2.45, 2.75) is 4.90 Å². The molecule has 0 fully saturated rings. The van der Waals surface area contributed by atoms with Crippen molar-refractivity contribution in [1.82, 2.24) is 4.98 Å². The van der Waals surface area contributed by atoms with Gasteiger partial charge in [-0.3, -0.25) is 4.72 Å². The molecule has 0 aliphatic rings. The van der Waals surface area contributed by atoms with Crippen molar-refractivity contribution in [1.29, 1.82) is 0 Å². The zero-order chi connectivity index (χ0) is 15.6. The summed E-state index contributed by atoms with van der Waals surface area (Å²) < 4.78 is 45.4. The maximum atomic E-state index is 13.9. The average molecular weight is 376 g/mol. The van der Waals surface area contributed by atoms with Gasteiger partial charge in [0, 0.05) is 11.8 Å². The molecule has 6 nitrogen and oxygen atoms in total. The van der Waals surface area contributed by atoms with Crippen LogP contribution in [0.15, 0.2) is 39.8 Å². The lowest BCUT2D eigenvalue weighted by Gasteiger charge is -2.10. The number of nitrogens with one attached hydrogen (secondary N) is 1. The first-order chi connectivity index (χ1) is 9.83. The van der Waals surface area contributed by atoms with Crippen molar-refractivity contribution in [2.24, 2.45) is 0 Å². The van der Waals surface area contributed by atoms with E-state index in [1.807, 2.05) is 0 Å². The van der Waals surface area contributed by atoms with Crippen molar-refractivity contribution >= 4 is 37.3 Å². The third-order valence-electron chi connectivity index (χ3n) is 2.50. The number of halogens is 2. The Hall–Kier alpha value is -1.87. The second-order valence-corrected chi connectivity index (χ2v) is 6.51. The molecule has 1 aromatic carbocycles. The van der Waals surface area contributed by atoms with E-state index in [4.69, 9.17) is 10.5 Å². The van der Waals surface area contributed by atoms with Crippen molar-refractivity contribution in [3.63, 3.8) is 0 Å². The Kier molecular flexibility index (Phi) is 4.33. The van der Waals surface area contributed by atoms with Gasteiger partial charge in [0.15, 0.2) is 5.82 Å². The van der Waals surface area contributed by atoms with E-state index >= 15 is 0 Å². The molecule has 0 aliphatic heterocycles. The van der Waals surface area contributed by atoms with E-state index in [0.717, 1.165) is 6.07 Å². The van der Waals surface area contributed by atoms with Crippen LogP contribution in [-0.2, 0) is 10.0 Å². The number of sulfonamides is 1. The smallest absolute Gasteiger partial charge is 0.264 e. The summed E-state index contributed by atoms with van der Waals surface area (Å²) in [5.74, 6) is -0.589. The Morgan fingerprint density at radius 2 is 2.10 bits per heavy atom. The Bertz CT molecular complexity index is 766. The summed E-state index contributed by atoms with van der Waals surface area (Å²) in [5.41, 5.74) is 5.84. The third-order valence-corrected chi connectivity index (χ3v) is 4.46. The van der Waals surface area contributed by atoms with Crippen LogP contribution >= 0.6 is 15.9 Å². The molecule has 0 radical (unpaired) electrons. The molecule has 0 saturated carbocycles. The molecule has 0 atom stereocenters. The molecular formula is C12H11BrFN3O3S. The molecule has 112 valence electrons. The van der Waals surface area contributed by atoms with Gasteiger partial charge >= 0.3 is 0 Å². The fourth-order valence-electron chi connectivity index (χ4n) is 1.55. The number of methoxy groups -OCH3 is 1. The van der Waals surface area contributed by atoms with Crippen LogP contribution in [0, 0.1) is 5.82 Å². The van der Waals surface area contributed by atoms with E-state index in [2.05, 4.69) is 25.6 Å². The number of nitrogens with zero attached hydrogens (tertiary/aromatic N) is 1. The summed E-state index contributed by atoms with van der Waals surface area (Å²) in [4.78, 5) is 3.30. The second kappa shape index (κ2) is 5.86. The molecular weight excluding hydrogens is 365 g/mol. The molecule has 0 saturated heterocycles. The molecule has 0 amide bonds. The average Bonchev–Trinajstić information content (AvgIpc) is 2.43. The molecule has 1 aromatic heterocycles. The number of pyridine rings is 1. The van der Waals surface area contributed by atoms with Gasteiger partial charge in [0.05, 0.1) is 23.5 Å². The predicted octanol–water partition coefficient (Wildman–Crippen LogP) is 2.37. The summed E-state index contributed by atoms with van der Waals surface area (Å²) in [6, 6.07) is 5.24. The first kappa shape index (κ1) is 15.5. The summed E-state index contributed by atoms with van der Waals surface area (Å²) in [5, 5.41) is 0. The number of hydrogen-bond acceptors (Lipinski definition) is 5. The Labute approximate surface area is 129 Å². The number of rotatable bonds is 4. The molecule has 0 bridgehead atoms. The summed E-state index contributed by atoms with van der Waals surface area (Å²) >= 11 is 2.92. The maximum Gasteiger partial charge on any atom is 0.264 e. The van der Waals surface area contributed by atoms with Crippen LogP contribution in [0.4, 0.5) is 15.8 Å². The van der Waals surface area contributed by atoms with Gasteiger partial charge in [-0.1, -0.05) is 0 Å². The lowest BCUT2D eigenvalue weighted by molar-refractivity contribution is 0.398. The molecule has 3 N–H and O–H groups in total. The molecule has 21 heavy (non-hydrogen) atoms. The van der Waals surface area contributed by atoms with Gasteiger partial charge in [-0.05, 0) is 34.1 Å². The number of nitrogens with two attached hydrogens (primary N) is 1. The first-order valence-corrected chi connectivity index (χ1v) is 7.88. The highest BCUT2D eigenvalue weighted by Crippen LogP contribution is 2.27. The topological polar surface area (TPSA) is 94.3 Å². The first-order valence-electron chi connectivity index (χ1n) is 5.61. The van der Waals surface area contributed by atoms with Crippen LogP contribution in [0.25, 0.3) is 0 Å². The number of nitrogen functional groups attached to an aromatic ring is 1. The standard InChI is InChI=1S/C12H11BrFN3O3S/c1-20-11-3-2-8(6-16-11)17-21(18,19)10-5-7(15)4-9(13)12(10)14/h2-6,17H,15H2,1H3. The number of anilines is 2. The zero-order valence-electron chi connectivity index (χ0n) is 10.8. The van der Waals surface area contributed by atoms with Crippen LogP contribution in [-0.4, -0.2) is 20.5 Å². The van der Waals surface area contributed by atoms with E-state index in [9.17, 15) is 12.8 Å². The van der Waals surface area contributed by atoms with Crippen LogP contribution < -0.4 is 15.2 Å². The molecule has 0 spiro atoms. The van der Waals surface area contributed by atoms with E-state index in [-0.39, 0.29) is 15.8 Å². The number of hydrogen-bond donors (Lipinski definition) is 2. The molecule has 0 unspecified atom stereocenters. The van der Waals surface area contributed by atoms with Gasteiger partial charge in [-0.2, -0.15) is 0 Å². The van der Waals surface area contributed by atoms with E-state index in [1.54, 1.807) is 0 Å². The summed E-state index contributed by atoms with van der Waals surface area (Å²) in [6.07, 6.45) is 1.26. The Morgan fingerprint density at radius 3 is 2.67 bits per heavy atom. The van der Waals surface area contributed by atoms with Gasteiger partial charge in [-0.15, -0.1) is 0 Å². The van der Waals surface area contributed by atoms with Gasteiger partial charge in [0.1, 0.15) is 4.90 Å². The van der Waals surface area contributed by atoms with Crippen LogP contribution in [0.5, 0.6) is 5.88 Å². The van der Waals surface area contributed by atoms with E-state index in [0.29, 0.717) is 5.88 Å². The molecule has 0 aliphatic carbocycles. The minimum Gasteiger partial charge on any atom is -0.481 e. The number of aromatic nitrogens is 1. The van der Waals surface area contributed by atoms with Gasteiger partial charge in [0.25, 0.3) is 10.0 Å². The minimum absolute atomic E-state index is 0.0317. The number of benzene rings is 1. The van der Waals surface area contributed by atoms with Gasteiger partial charge in [-0.25, -0.2) is 17.8 Å². The minimum atomic E-state index is -4.12. The molecule has 1 heterocycles. The molecule has 9 heteroatoms. The summed E-state index contributed by atoms with van der Waals surface area (Å²) in [7, 11) is -2.69. The monoisotopic (exact) mass is 375 g/mol. The highest BCUT2D eigenvalue weighted by Gasteiger charge is 2.22. The van der Waals surface area contributed by atoms with Crippen LogP contribution in [0.3, 0.4) is 0 Å². The Balaban J connectivity index is 2.38. The van der Waals surface area contributed by atoms with Gasteiger partial charge in [0.2, 0.25) is 5.88 Å². The highest BCUT2D eigenvalue weighted by molar-refractivity contribution is 9.10. The van der Waals surface area contributed by atoms with Crippen molar-refractivity contribution < 1.29 is 17.5 Å². The van der Waals surface area contributed by atoms with Crippen molar-refractivity contribution in [2.75, 3.05) is 17.6 Å². The van der Waals surface area contributed by atoms with E-state index < -0.39 is 20.7 Å². The number of ether oxygens (including phenoxy) is 1. The fourth-order valence-corrected chi connectivity index (χ4v) is 3.34. The van der Waals surface area contributed by atoms with Crippen molar-refractivity contribution in [3.8, 4) is 5.88 Å². The lowest BCUT2D eigenvalue weighted by atomic mass is 10.3. The largest absolute Gasteiger partial charge is 0.481 e. The predicted molar refractivity (Wildman–Crippen MR) is 80.1 cm³/mol. The normalized spacial score (nSPS) is 11.2. The van der Waals surface area contributed by atoms with Crippen LogP contribution in [0.2, 0.25) is 0 Å². The fraction of sp³-hybridized carbons (Fsp3) is 0.0833. The zero-order valence-corrected chi connectivity index (χ0v) is 13.2.